The van der Waals surface area contributed by atoms with Gasteiger partial charge in [0.2, 0.25) is 0 Å². The van der Waals surface area contributed by atoms with E-state index in [1.807, 2.05) is 6.07 Å². The molecule has 34 heavy (non-hydrogen) atoms. The van der Waals surface area contributed by atoms with Crippen molar-refractivity contribution in [3.05, 3.63) is 111 Å². The maximum Gasteiger partial charge on any atom is 0.286 e. The lowest BCUT2D eigenvalue weighted by Gasteiger charge is -2.40. The highest BCUT2D eigenvalue weighted by atomic mass is 35.5. The van der Waals surface area contributed by atoms with Gasteiger partial charge >= 0.3 is 0 Å². The fourth-order valence-electron chi connectivity index (χ4n) is 4.35. The number of piperazine rings is 1. The number of halogens is 2. The summed E-state index contributed by atoms with van der Waals surface area (Å²) in [4.78, 5) is 22.2. The molecule has 0 aliphatic carbocycles. The molecule has 3 aromatic carbocycles. The van der Waals surface area contributed by atoms with Crippen LogP contribution in [0.15, 0.2) is 88.8 Å². The molecule has 2 heterocycles. The Bertz CT molecular complexity index is 1200. The number of rotatable bonds is 4. The smallest absolute Gasteiger partial charge is 0.286 e. The lowest BCUT2D eigenvalue weighted by molar-refractivity contribution is -0.113. The predicted molar refractivity (Wildman–Crippen MR) is 142 cm³/mol. The zero-order valence-electron chi connectivity index (χ0n) is 18.4. The molecule has 172 valence electrons. The van der Waals surface area contributed by atoms with Crippen molar-refractivity contribution in [3.63, 3.8) is 0 Å². The first kappa shape index (κ1) is 23.2. The van der Waals surface area contributed by atoms with Gasteiger partial charge in [0.05, 0.1) is 10.9 Å². The van der Waals surface area contributed by atoms with Gasteiger partial charge in [-0.1, -0.05) is 89.9 Å². The number of aliphatic imine (C=N–C) groups is 1. The zero-order chi connectivity index (χ0) is 23.5. The Hall–Kier alpha value is -2.57. The van der Waals surface area contributed by atoms with Gasteiger partial charge in [-0.05, 0) is 46.7 Å². The Labute approximate surface area is 213 Å². The van der Waals surface area contributed by atoms with Crippen molar-refractivity contribution in [3.8, 4) is 0 Å². The van der Waals surface area contributed by atoms with Crippen LogP contribution in [-0.4, -0.2) is 47.1 Å². The second-order valence-corrected chi connectivity index (χ2v) is 10.1. The Morgan fingerprint density at radius 1 is 0.853 bits per heavy atom. The molecule has 7 heteroatoms. The minimum atomic E-state index is -0.222. The number of hydrogen-bond acceptors (Lipinski definition) is 4. The largest absolute Gasteiger partial charge is 0.348 e. The molecule has 0 radical (unpaired) electrons. The fourth-order valence-corrected chi connectivity index (χ4v) is 5.77. The first-order chi connectivity index (χ1) is 16.6. The highest BCUT2D eigenvalue weighted by Gasteiger charge is 2.31. The molecular weight excluding hydrogens is 485 g/mol. The third-order valence-electron chi connectivity index (χ3n) is 6.04. The minimum Gasteiger partial charge on any atom is -0.348 e. The van der Waals surface area contributed by atoms with Gasteiger partial charge in [-0.3, -0.25) is 9.69 Å². The number of hydrogen-bond donors (Lipinski definition) is 0. The second-order valence-electron chi connectivity index (χ2n) is 8.22. The quantitative estimate of drug-likeness (QED) is 0.384. The molecule has 0 spiro atoms. The van der Waals surface area contributed by atoms with E-state index < -0.39 is 0 Å². The molecule has 5 rings (SSSR count). The first-order valence-electron chi connectivity index (χ1n) is 11.1. The first-order valence-corrected chi connectivity index (χ1v) is 12.7. The zero-order valence-corrected chi connectivity index (χ0v) is 20.7. The summed E-state index contributed by atoms with van der Waals surface area (Å²) in [5, 5.41) is 1.84. The van der Waals surface area contributed by atoms with E-state index in [4.69, 9.17) is 23.2 Å². The molecule has 3 aromatic rings. The Balaban J connectivity index is 1.29. The maximum absolute atomic E-state index is 12.6. The topological polar surface area (TPSA) is 35.9 Å². The van der Waals surface area contributed by atoms with E-state index in [0.29, 0.717) is 15.0 Å². The van der Waals surface area contributed by atoms with Gasteiger partial charge in [0.15, 0.2) is 5.17 Å². The standard InChI is InChI=1S/C27H23Cl2N3OS/c28-22-12-11-21(23(29)18-22)17-24-26(33)30-27(34-24)32-15-13-31(14-16-32)25(19-7-3-1-4-8-19)20-9-5-2-6-10-20/h1-12,17-18,25H,13-16H2/b24-17-. The van der Waals surface area contributed by atoms with Crippen molar-refractivity contribution in [1.29, 1.82) is 0 Å². The number of carbonyl (C=O) groups excluding carboxylic acids is 1. The molecule has 2 aliphatic rings. The third-order valence-corrected chi connectivity index (χ3v) is 7.65. The Morgan fingerprint density at radius 3 is 2.06 bits per heavy atom. The SMILES string of the molecule is O=C1N=C(N2CCN(C(c3ccccc3)c3ccccc3)CC2)S/C1=C\c1ccc(Cl)cc1Cl. The van der Waals surface area contributed by atoms with E-state index in [1.54, 1.807) is 18.2 Å². The summed E-state index contributed by atoms with van der Waals surface area (Å²) in [7, 11) is 0. The van der Waals surface area contributed by atoms with Gasteiger partial charge in [0.25, 0.3) is 5.91 Å². The number of amidine groups is 1. The van der Waals surface area contributed by atoms with E-state index in [0.717, 1.165) is 36.9 Å². The van der Waals surface area contributed by atoms with Crippen LogP contribution in [0.25, 0.3) is 6.08 Å². The maximum atomic E-state index is 12.6. The van der Waals surface area contributed by atoms with Gasteiger partial charge < -0.3 is 4.90 Å². The normalized spacial score (nSPS) is 18.1. The van der Waals surface area contributed by atoms with Crippen molar-refractivity contribution in [2.75, 3.05) is 26.2 Å². The van der Waals surface area contributed by atoms with Crippen LogP contribution in [0.2, 0.25) is 10.0 Å². The van der Waals surface area contributed by atoms with Crippen molar-refractivity contribution in [2.24, 2.45) is 4.99 Å². The molecule has 0 aromatic heterocycles. The average molecular weight is 508 g/mol. The van der Waals surface area contributed by atoms with Gasteiger partial charge in [-0.25, -0.2) is 0 Å². The van der Waals surface area contributed by atoms with E-state index in [2.05, 4.69) is 75.5 Å². The van der Waals surface area contributed by atoms with Crippen molar-refractivity contribution in [2.45, 2.75) is 6.04 Å². The number of thioether (sulfide) groups is 1. The molecule has 2 aliphatic heterocycles. The van der Waals surface area contributed by atoms with E-state index in [-0.39, 0.29) is 11.9 Å². The molecule has 0 N–H and O–H groups in total. The molecule has 4 nitrogen and oxygen atoms in total. The van der Waals surface area contributed by atoms with E-state index >= 15 is 0 Å². The predicted octanol–water partition coefficient (Wildman–Crippen LogP) is 6.37. The molecule has 0 unspecified atom stereocenters. The summed E-state index contributed by atoms with van der Waals surface area (Å²) in [6.45, 7) is 3.38. The Morgan fingerprint density at radius 2 is 1.47 bits per heavy atom. The van der Waals surface area contributed by atoms with Crippen LogP contribution in [-0.2, 0) is 4.79 Å². The number of nitrogens with zero attached hydrogens (tertiary/aromatic N) is 3. The molecule has 0 bridgehead atoms. The molecular formula is C27H23Cl2N3OS. The van der Waals surface area contributed by atoms with Gasteiger partial charge in [0, 0.05) is 36.2 Å². The highest BCUT2D eigenvalue weighted by molar-refractivity contribution is 8.18. The van der Waals surface area contributed by atoms with Crippen molar-refractivity contribution in [1.82, 2.24) is 9.80 Å². The Kier molecular flexibility index (Phi) is 7.07. The molecule has 1 fully saturated rings. The molecule has 1 saturated heterocycles. The number of amides is 1. The van der Waals surface area contributed by atoms with Crippen molar-refractivity contribution >= 4 is 52.1 Å². The van der Waals surface area contributed by atoms with Gasteiger partial charge in [-0.2, -0.15) is 4.99 Å². The summed E-state index contributed by atoms with van der Waals surface area (Å²) in [6.07, 6.45) is 1.79. The van der Waals surface area contributed by atoms with Crippen molar-refractivity contribution < 1.29 is 4.79 Å². The lowest BCUT2D eigenvalue weighted by Crippen LogP contribution is -2.49. The van der Waals surface area contributed by atoms with Gasteiger partial charge in [-0.15, -0.1) is 0 Å². The monoisotopic (exact) mass is 507 g/mol. The summed E-state index contributed by atoms with van der Waals surface area (Å²) < 4.78 is 0. The number of carbonyl (C=O) groups is 1. The van der Waals surface area contributed by atoms with E-state index in [1.165, 1.54) is 22.9 Å². The van der Waals surface area contributed by atoms with Crippen LogP contribution in [0, 0.1) is 0 Å². The molecule has 1 amide bonds. The van der Waals surface area contributed by atoms with Crippen LogP contribution >= 0.6 is 35.0 Å². The van der Waals surface area contributed by atoms with Crippen LogP contribution in [0.3, 0.4) is 0 Å². The number of benzene rings is 3. The average Bonchev–Trinajstić information content (AvgIpc) is 3.23. The minimum absolute atomic E-state index is 0.201. The van der Waals surface area contributed by atoms with Crippen LogP contribution in [0.5, 0.6) is 0 Å². The summed E-state index contributed by atoms with van der Waals surface area (Å²) >= 11 is 13.7. The molecule has 0 atom stereocenters. The summed E-state index contributed by atoms with van der Waals surface area (Å²) in [5.74, 6) is -0.222. The lowest BCUT2D eigenvalue weighted by atomic mass is 9.96. The van der Waals surface area contributed by atoms with Crippen LogP contribution in [0.1, 0.15) is 22.7 Å². The summed E-state index contributed by atoms with van der Waals surface area (Å²) in [5.41, 5.74) is 3.33. The van der Waals surface area contributed by atoms with Crippen LogP contribution < -0.4 is 0 Å². The second kappa shape index (κ2) is 10.4. The van der Waals surface area contributed by atoms with E-state index in [9.17, 15) is 4.79 Å². The van der Waals surface area contributed by atoms with Crippen LogP contribution in [0.4, 0.5) is 0 Å². The summed E-state index contributed by atoms with van der Waals surface area (Å²) in [6, 6.07) is 26.7. The van der Waals surface area contributed by atoms with Gasteiger partial charge in [0.1, 0.15) is 0 Å². The molecule has 0 saturated carbocycles. The highest BCUT2D eigenvalue weighted by Crippen LogP contribution is 2.34. The fraction of sp³-hybridized carbons (Fsp3) is 0.185. The third kappa shape index (κ3) is 5.08.